The molecule has 1 aliphatic rings. The number of hydrogen-bond acceptors (Lipinski definition) is 3. The summed E-state index contributed by atoms with van der Waals surface area (Å²) < 4.78 is 5.67. The quantitative estimate of drug-likeness (QED) is 0.643. The molecule has 1 rings (SSSR count). The first-order valence-electron chi connectivity index (χ1n) is 5.91. The van der Waals surface area contributed by atoms with E-state index in [1.54, 1.807) is 0 Å². The summed E-state index contributed by atoms with van der Waals surface area (Å²) in [5.74, 6) is 0.0183. The summed E-state index contributed by atoms with van der Waals surface area (Å²) in [7, 11) is 0. The van der Waals surface area contributed by atoms with Crippen LogP contribution in [0.1, 0.15) is 38.5 Å². The number of ether oxygens (including phenoxy) is 1. The van der Waals surface area contributed by atoms with Crippen LogP contribution in [-0.2, 0) is 9.53 Å². The van der Waals surface area contributed by atoms with E-state index < -0.39 is 0 Å². The lowest BCUT2D eigenvalue weighted by atomic mass is 9.98. The van der Waals surface area contributed by atoms with Gasteiger partial charge in [0.05, 0.1) is 12.7 Å². The Morgan fingerprint density at radius 3 is 2.73 bits per heavy atom. The molecule has 1 fully saturated rings. The lowest BCUT2D eigenvalue weighted by molar-refractivity contribution is -0.121. The van der Waals surface area contributed by atoms with Crippen molar-refractivity contribution in [2.24, 2.45) is 5.73 Å². The SMILES string of the molecule is NCCC(=O)NCCOC1CCCCC1. The Hall–Kier alpha value is -0.610. The summed E-state index contributed by atoms with van der Waals surface area (Å²) in [6.45, 7) is 1.64. The molecule has 1 amide bonds. The Balaban J connectivity index is 1.93. The van der Waals surface area contributed by atoms with Crippen molar-refractivity contribution in [1.82, 2.24) is 5.32 Å². The van der Waals surface area contributed by atoms with Gasteiger partial charge in [-0.3, -0.25) is 4.79 Å². The summed E-state index contributed by atoms with van der Waals surface area (Å²) in [5, 5.41) is 2.78. The number of rotatable bonds is 6. The number of nitrogens with two attached hydrogens (primary N) is 1. The molecule has 0 saturated heterocycles. The van der Waals surface area contributed by atoms with Crippen molar-refractivity contribution in [2.45, 2.75) is 44.6 Å². The number of hydrogen-bond donors (Lipinski definition) is 2. The minimum Gasteiger partial charge on any atom is -0.376 e. The zero-order valence-electron chi connectivity index (χ0n) is 9.34. The first-order chi connectivity index (χ1) is 7.33. The fraction of sp³-hybridized carbons (Fsp3) is 0.909. The smallest absolute Gasteiger partial charge is 0.221 e. The summed E-state index contributed by atoms with van der Waals surface area (Å²) in [4.78, 5) is 11.0. The Kier molecular flexibility index (Phi) is 6.36. The van der Waals surface area contributed by atoms with Gasteiger partial charge in [0.1, 0.15) is 0 Å². The van der Waals surface area contributed by atoms with Crippen LogP contribution in [0, 0.1) is 0 Å². The maximum Gasteiger partial charge on any atom is 0.221 e. The number of carbonyl (C=O) groups excluding carboxylic acids is 1. The highest BCUT2D eigenvalue weighted by atomic mass is 16.5. The third kappa shape index (κ3) is 5.74. The van der Waals surface area contributed by atoms with E-state index in [1.807, 2.05) is 0 Å². The molecular formula is C11H22N2O2. The Labute approximate surface area is 91.5 Å². The predicted octanol–water partition coefficient (Wildman–Crippen LogP) is 0.801. The number of nitrogens with one attached hydrogen (secondary N) is 1. The van der Waals surface area contributed by atoms with E-state index in [0.717, 1.165) is 0 Å². The van der Waals surface area contributed by atoms with Crippen molar-refractivity contribution in [2.75, 3.05) is 19.7 Å². The van der Waals surface area contributed by atoms with Crippen LogP contribution < -0.4 is 11.1 Å². The highest BCUT2D eigenvalue weighted by Crippen LogP contribution is 2.19. The molecule has 1 aliphatic carbocycles. The zero-order valence-corrected chi connectivity index (χ0v) is 9.34. The van der Waals surface area contributed by atoms with Crippen LogP contribution in [0.15, 0.2) is 0 Å². The molecule has 0 heterocycles. The minimum atomic E-state index is 0.0183. The van der Waals surface area contributed by atoms with Crippen LogP contribution in [0.2, 0.25) is 0 Å². The summed E-state index contributed by atoms with van der Waals surface area (Å²) in [6.07, 6.45) is 7.09. The van der Waals surface area contributed by atoms with E-state index in [9.17, 15) is 4.79 Å². The molecule has 4 heteroatoms. The van der Waals surface area contributed by atoms with Gasteiger partial charge in [0, 0.05) is 19.5 Å². The third-order valence-corrected chi connectivity index (χ3v) is 2.70. The second-order valence-electron chi connectivity index (χ2n) is 4.02. The zero-order chi connectivity index (χ0) is 10.9. The Morgan fingerprint density at radius 1 is 1.33 bits per heavy atom. The molecular weight excluding hydrogens is 192 g/mol. The lowest BCUT2D eigenvalue weighted by Crippen LogP contribution is -2.30. The van der Waals surface area contributed by atoms with E-state index in [2.05, 4.69) is 5.32 Å². The van der Waals surface area contributed by atoms with Gasteiger partial charge in [0.25, 0.3) is 0 Å². The van der Waals surface area contributed by atoms with E-state index in [4.69, 9.17) is 10.5 Å². The fourth-order valence-corrected chi connectivity index (χ4v) is 1.87. The molecule has 0 aromatic rings. The lowest BCUT2D eigenvalue weighted by Gasteiger charge is -2.21. The first kappa shape index (κ1) is 12.5. The van der Waals surface area contributed by atoms with Crippen molar-refractivity contribution in [3.05, 3.63) is 0 Å². The molecule has 0 aliphatic heterocycles. The van der Waals surface area contributed by atoms with Crippen molar-refractivity contribution in [3.8, 4) is 0 Å². The van der Waals surface area contributed by atoms with E-state index in [1.165, 1.54) is 32.1 Å². The fourth-order valence-electron chi connectivity index (χ4n) is 1.87. The summed E-state index contributed by atoms with van der Waals surface area (Å²) in [5.41, 5.74) is 5.26. The second kappa shape index (κ2) is 7.65. The van der Waals surface area contributed by atoms with Gasteiger partial charge in [-0.1, -0.05) is 19.3 Å². The van der Waals surface area contributed by atoms with Crippen LogP contribution in [-0.4, -0.2) is 31.7 Å². The van der Waals surface area contributed by atoms with Crippen LogP contribution >= 0.6 is 0 Å². The predicted molar refractivity (Wildman–Crippen MR) is 59.5 cm³/mol. The highest BCUT2D eigenvalue weighted by molar-refractivity contribution is 5.75. The largest absolute Gasteiger partial charge is 0.376 e. The van der Waals surface area contributed by atoms with Gasteiger partial charge in [-0.05, 0) is 12.8 Å². The van der Waals surface area contributed by atoms with Crippen LogP contribution in [0.25, 0.3) is 0 Å². The maximum atomic E-state index is 11.0. The second-order valence-corrected chi connectivity index (χ2v) is 4.02. The summed E-state index contributed by atoms with van der Waals surface area (Å²) in [6, 6.07) is 0. The molecule has 0 radical (unpaired) electrons. The van der Waals surface area contributed by atoms with E-state index >= 15 is 0 Å². The monoisotopic (exact) mass is 214 g/mol. The molecule has 0 atom stereocenters. The topological polar surface area (TPSA) is 64.4 Å². The highest BCUT2D eigenvalue weighted by Gasteiger charge is 2.13. The van der Waals surface area contributed by atoms with Crippen molar-refractivity contribution in [1.29, 1.82) is 0 Å². The maximum absolute atomic E-state index is 11.0. The molecule has 3 N–H and O–H groups in total. The number of amides is 1. The van der Waals surface area contributed by atoms with Gasteiger partial charge < -0.3 is 15.8 Å². The van der Waals surface area contributed by atoms with Crippen LogP contribution in [0.3, 0.4) is 0 Å². The van der Waals surface area contributed by atoms with Gasteiger partial charge in [-0.15, -0.1) is 0 Å². The molecule has 0 unspecified atom stereocenters. The Morgan fingerprint density at radius 2 is 2.07 bits per heavy atom. The molecule has 15 heavy (non-hydrogen) atoms. The van der Waals surface area contributed by atoms with Gasteiger partial charge >= 0.3 is 0 Å². The Bertz CT molecular complexity index is 179. The van der Waals surface area contributed by atoms with Crippen molar-refractivity contribution in [3.63, 3.8) is 0 Å². The van der Waals surface area contributed by atoms with Gasteiger partial charge in [0.2, 0.25) is 5.91 Å². The number of carbonyl (C=O) groups is 1. The van der Waals surface area contributed by atoms with E-state index in [0.29, 0.717) is 32.2 Å². The molecule has 88 valence electrons. The van der Waals surface area contributed by atoms with Crippen molar-refractivity contribution < 1.29 is 9.53 Å². The average Bonchev–Trinajstić information content (AvgIpc) is 2.26. The average molecular weight is 214 g/mol. The molecule has 0 bridgehead atoms. The molecule has 0 spiro atoms. The molecule has 4 nitrogen and oxygen atoms in total. The van der Waals surface area contributed by atoms with E-state index in [-0.39, 0.29) is 5.91 Å². The standard InChI is InChI=1S/C11H22N2O2/c12-7-6-11(14)13-8-9-15-10-4-2-1-3-5-10/h10H,1-9,12H2,(H,13,14). The first-order valence-corrected chi connectivity index (χ1v) is 5.91. The minimum absolute atomic E-state index is 0.0183. The van der Waals surface area contributed by atoms with Crippen LogP contribution in [0.5, 0.6) is 0 Å². The molecule has 0 aromatic carbocycles. The van der Waals surface area contributed by atoms with Crippen molar-refractivity contribution >= 4 is 5.91 Å². The summed E-state index contributed by atoms with van der Waals surface area (Å²) >= 11 is 0. The normalized spacial score (nSPS) is 17.7. The molecule has 1 saturated carbocycles. The van der Waals surface area contributed by atoms with Gasteiger partial charge in [-0.25, -0.2) is 0 Å². The van der Waals surface area contributed by atoms with Gasteiger partial charge in [-0.2, -0.15) is 0 Å². The van der Waals surface area contributed by atoms with Crippen LogP contribution in [0.4, 0.5) is 0 Å². The third-order valence-electron chi connectivity index (χ3n) is 2.70. The van der Waals surface area contributed by atoms with Gasteiger partial charge in [0.15, 0.2) is 0 Å². The molecule has 0 aromatic heterocycles.